The lowest BCUT2D eigenvalue weighted by atomic mass is 9.85. The van der Waals surface area contributed by atoms with E-state index in [0.29, 0.717) is 44.4 Å². The number of unbranched alkanes of at least 4 members (excludes halogenated alkanes) is 19. The maximum absolute atomic E-state index is 13.0. The van der Waals surface area contributed by atoms with Crippen molar-refractivity contribution in [2.45, 2.75) is 336 Å². The summed E-state index contributed by atoms with van der Waals surface area (Å²) in [6.45, 7) is 18.2. The Balaban J connectivity index is 4.81. The van der Waals surface area contributed by atoms with Crippen LogP contribution in [0.2, 0.25) is 0 Å². The average Bonchev–Trinajstić information content (AvgIpc) is 3.38. The lowest BCUT2D eigenvalue weighted by molar-refractivity contribution is -0.167. The zero-order valence-corrected chi connectivity index (χ0v) is 50.0. The third kappa shape index (κ3) is 40.9. The second-order valence-corrected chi connectivity index (χ2v) is 23.8. The first-order valence-electron chi connectivity index (χ1n) is 31.4. The van der Waals surface area contributed by atoms with Gasteiger partial charge in [-0.2, -0.15) is 0 Å². The molecule has 13 unspecified atom stereocenters. The third-order valence-corrected chi connectivity index (χ3v) is 16.4. The summed E-state index contributed by atoms with van der Waals surface area (Å²) < 4.78 is 16.8. The largest absolute Gasteiger partial charge is 0.462 e. The van der Waals surface area contributed by atoms with Crippen molar-refractivity contribution in [2.75, 3.05) is 13.2 Å². The van der Waals surface area contributed by atoms with Crippen LogP contribution >= 0.6 is 0 Å². The van der Waals surface area contributed by atoms with Gasteiger partial charge in [0.2, 0.25) is 0 Å². The Morgan fingerprint density at radius 3 is 1.04 bits per heavy atom. The molecule has 446 valence electrons. The molecule has 0 aliphatic heterocycles. The fourth-order valence-corrected chi connectivity index (χ4v) is 10.4. The van der Waals surface area contributed by atoms with Crippen LogP contribution in [0.1, 0.15) is 293 Å². The lowest BCUT2D eigenvalue weighted by Crippen LogP contribution is -2.30. The predicted molar refractivity (Wildman–Crippen MR) is 306 cm³/mol. The summed E-state index contributed by atoms with van der Waals surface area (Å²) in [5.74, 6) is -0.523. The molecule has 0 heterocycles. The van der Waals surface area contributed by atoms with Crippen molar-refractivity contribution in [3.05, 3.63) is 0 Å². The van der Waals surface area contributed by atoms with Gasteiger partial charge in [-0.1, -0.05) is 197 Å². The van der Waals surface area contributed by atoms with Crippen LogP contribution in [0.15, 0.2) is 0 Å². The van der Waals surface area contributed by atoms with Gasteiger partial charge in [-0.05, 0) is 113 Å². The van der Waals surface area contributed by atoms with Gasteiger partial charge in [-0.3, -0.25) is 14.4 Å². The van der Waals surface area contributed by atoms with Gasteiger partial charge in [-0.15, -0.1) is 0 Å². The zero-order valence-electron chi connectivity index (χ0n) is 50.0. The monoisotopic (exact) mass is 1070 g/mol. The number of aliphatic hydroxyl groups is 6. The number of rotatable bonds is 53. The first-order valence-corrected chi connectivity index (χ1v) is 31.4. The van der Waals surface area contributed by atoms with Crippen LogP contribution in [0.4, 0.5) is 0 Å². The van der Waals surface area contributed by atoms with Gasteiger partial charge in [0.15, 0.2) is 6.10 Å². The minimum Gasteiger partial charge on any atom is -0.462 e. The van der Waals surface area contributed by atoms with Gasteiger partial charge in [0.25, 0.3) is 0 Å². The van der Waals surface area contributed by atoms with Crippen LogP contribution in [0.25, 0.3) is 0 Å². The number of hydrogen-bond donors (Lipinski definition) is 6. The van der Waals surface area contributed by atoms with E-state index in [-0.39, 0.29) is 86.2 Å². The van der Waals surface area contributed by atoms with Crippen LogP contribution in [-0.2, 0) is 28.6 Å². The second kappa shape index (κ2) is 48.1. The zero-order chi connectivity index (χ0) is 56.2. The number of esters is 3. The van der Waals surface area contributed by atoms with E-state index in [2.05, 4.69) is 41.5 Å². The molecule has 0 radical (unpaired) electrons. The van der Waals surface area contributed by atoms with Crippen molar-refractivity contribution in [1.29, 1.82) is 0 Å². The van der Waals surface area contributed by atoms with Crippen molar-refractivity contribution in [3.63, 3.8) is 0 Å². The topological polar surface area (TPSA) is 200 Å². The molecule has 0 saturated heterocycles. The number of aliphatic hydroxyl groups excluding tert-OH is 6. The Kier molecular flexibility index (Phi) is 46.9. The van der Waals surface area contributed by atoms with Gasteiger partial charge in [-0.25, -0.2) is 0 Å². The fourth-order valence-electron chi connectivity index (χ4n) is 10.4. The molecule has 0 aliphatic carbocycles. The summed E-state index contributed by atoms with van der Waals surface area (Å²) in [4.78, 5) is 38.6. The number of carbonyl (C=O) groups excluding carboxylic acids is 3. The summed E-state index contributed by atoms with van der Waals surface area (Å²) in [6.07, 6.45) is 28.3. The van der Waals surface area contributed by atoms with E-state index in [0.717, 1.165) is 141 Å². The van der Waals surface area contributed by atoms with Crippen molar-refractivity contribution in [1.82, 2.24) is 0 Å². The Morgan fingerprint density at radius 2 is 0.613 bits per heavy atom. The molecular weight excluding hydrogens is 949 g/mol. The molecule has 0 fully saturated rings. The van der Waals surface area contributed by atoms with Crippen LogP contribution in [0.5, 0.6) is 0 Å². The Morgan fingerprint density at radius 1 is 0.320 bits per heavy atom. The van der Waals surface area contributed by atoms with Gasteiger partial charge in [0.05, 0.1) is 36.6 Å². The number of carbonyl (C=O) groups is 3. The van der Waals surface area contributed by atoms with Gasteiger partial charge >= 0.3 is 17.9 Å². The molecule has 0 amide bonds. The molecular formula is C63H122O12. The molecule has 13 atom stereocenters. The maximum Gasteiger partial charge on any atom is 0.306 e. The molecule has 0 saturated carbocycles. The highest BCUT2D eigenvalue weighted by atomic mass is 16.6. The Bertz CT molecular complexity index is 1330. The van der Waals surface area contributed by atoms with E-state index in [1.54, 1.807) is 0 Å². The maximum atomic E-state index is 13.0. The van der Waals surface area contributed by atoms with E-state index in [1.807, 2.05) is 20.8 Å². The molecule has 12 nitrogen and oxygen atoms in total. The van der Waals surface area contributed by atoms with Crippen LogP contribution in [0.3, 0.4) is 0 Å². The highest BCUT2D eigenvalue weighted by Gasteiger charge is 2.26. The number of ether oxygens (including phenoxy) is 3. The van der Waals surface area contributed by atoms with Gasteiger partial charge in [0, 0.05) is 19.3 Å². The van der Waals surface area contributed by atoms with E-state index in [4.69, 9.17) is 14.2 Å². The van der Waals surface area contributed by atoms with E-state index in [9.17, 15) is 45.0 Å². The quantitative estimate of drug-likeness (QED) is 0.0192. The fraction of sp³-hybridized carbons (Fsp3) is 0.952. The molecule has 75 heavy (non-hydrogen) atoms. The summed E-state index contributed by atoms with van der Waals surface area (Å²) in [5.41, 5.74) is 0. The van der Waals surface area contributed by atoms with E-state index < -0.39 is 36.5 Å². The minimum atomic E-state index is -0.895. The number of hydrogen-bond acceptors (Lipinski definition) is 12. The summed E-state index contributed by atoms with van der Waals surface area (Å²) >= 11 is 0. The molecule has 0 aliphatic rings. The molecule has 0 spiro atoms. The Labute approximate surface area is 460 Å². The van der Waals surface area contributed by atoms with Crippen molar-refractivity contribution in [2.24, 2.45) is 35.5 Å². The third-order valence-electron chi connectivity index (χ3n) is 16.4. The summed E-state index contributed by atoms with van der Waals surface area (Å²) in [6, 6.07) is 0. The van der Waals surface area contributed by atoms with Crippen LogP contribution in [-0.4, -0.2) is 104 Å². The van der Waals surface area contributed by atoms with Gasteiger partial charge < -0.3 is 44.8 Å². The molecule has 6 N–H and O–H groups in total. The highest BCUT2D eigenvalue weighted by molar-refractivity contribution is 5.71. The first kappa shape index (κ1) is 73.2. The average molecular weight is 1070 g/mol. The normalized spacial score (nSPS) is 17.2. The summed E-state index contributed by atoms with van der Waals surface area (Å²) in [7, 11) is 0. The molecule has 0 aromatic rings. The smallest absolute Gasteiger partial charge is 0.306 e. The second-order valence-electron chi connectivity index (χ2n) is 23.8. The van der Waals surface area contributed by atoms with Crippen molar-refractivity contribution in [3.8, 4) is 0 Å². The first-order chi connectivity index (χ1) is 35.9. The van der Waals surface area contributed by atoms with Crippen LogP contribution < -0.4 is 0 Å². The molecule has 0 aromatic carbocycles. The predicted octanol–water partition coefficient (Wildman–Crippen LogP) is 14.1. The highest BCUT2D eigenvalue weighted by Crippen LogP contribution is 2.27. The standard InChI is InChI=1S/C63H122O12/c1-10-13-15-16-22-30-38-56(65)48(4)35-28-20-17-24-32-40-61(70)73-46-54(75-63(72)42-34-26-19-23-31-39-58(67)51(7)43-50(6)57(66)37-27-14-11-2)47-74-62(71)41-33-25-18-21-29-36-49(5)59(68)45-53(9)60(69)44-52(8)55(64)12-3/h48-60,64-69H,10-47H2,1-9H3. The van der Waals surface area contributed by atoms with E-state index in [1.165, 1.54) is 32.1 Å². The van der Waals surface area contributed by atoms with Gasteiger partial charge in [0.1, 0.15) is 13.2 Å². The van der Waals surface area contributed by atoms with Crippen molar-refractivity contribution >= 4 is 17.9 Å². The molecule has 12 heteroatoms. The van der Waals surface area contributed by atoms with Crippen molar-refractivity contribution < 1.29 is 59.2 Å². The SMILES string of the molecule is CCCCCCCCC(O)C(C)CCCCCCCC(=O)OCC(COC(=O)CCCCCCCC(C)C(O)CC(C)C(O)CC(C)C(O)CC)OC(=O)CCCCCCCC(O)C(C)CC(C)C(O)CCCCC. The van der Waals surface area contributed by atoms with E-state index >= 15 is 0 Å². The molecule has 0 aromatic heterocycles. The molecule has 0 rings (SSSR count). The van der Waals surface area contributed by atoms with Crippen LogP contribution in [0, 0.1) is 35.5 Å². The Hall–Kier alpha value is -1.83. The summed E-state index contributed by atoms with van der Waals surface area (Å²) in [5, 5.41) is 63.4. The lowest BCUT2D eigenvalue weighted by Gasteiger charge is -2.28. The minimum absolute atomic E-state index is 0.0107. The molecule has 0 bridgehead atoms.